The van der Waals surface area contributed by atoms with Crippen LogP contribution in [0.25, 0.3) is 0 Å². The number of allylic oxidation sites excluding steroid dienone is 4. The summed E-state index contributed by atoms with van der Waals surface area (Å²) in [6.45, 7) is 11.3. The van der Waals surface area contributed by atoms with Crippen LogP contribution in [0, 0.1) is 5.92 Å². The highest BCUT2D eigenvalue weighted by atomic mass is 19.3. The molecule has 1 fully saturated rings. The Morgan fingerprint density at radius 2 is 2.07 bits per heavy atom. The molecule has 0 spiro atoms. The molecule has 1 rings (SSSR count). The third-order valence-electron chi connectivity index (χ3n) is 2.91. The summed E-state index contributed by atoms with van der Waals surface area (Å²) in [5.41, 5.74) is 2.20. The Morgan fingerprint density at radius 3 is 2.47 bits per heavy atom. The molecule has 0 radical (unpaired) electrons. The number of hydrogen-bond acceptors (Lipinski definition) is 0. The largest absolute Gasteiger partial charge is 0.264 e. The van der Waals surface area contributed by atoms with E-state index in [0.29, 0.717) is 17.9 Å². The van der Waals surface area contributed by atoms with Crippen molar-refractivity contribution in [1.29, 1.82) is 0 Å². The minimum atomic E-state index is -2.43. The topological polar surface area (TPSA) is 0 Å². The minimum absolute atomic E-state index is 0.118. The first kappa shape index (κ1) is 12.2. The van der Waals surface area contributed by atoms with Gasteiger partial charge in [-0.3, -0.25) is 0 Å². The standard InChI is InChI=1S/C13H18F2/c1-8(2)12(13(14)15)11-6-5-9(3)7-10(11)4/h9,13H,1,4-7H2,2-3H3/b12-11+. The molecule has 0 nitrogen and oxygen atoms in total. The summed E-state index contributed by atoms with van der Waals surface area (Å²) in [5.74, 6) is 0.560. The fourth-order valence-corrected chi connectivity index (χ4v) is 2.11. The van der Waals surface area contributed by atoms with E-state index in [1.54, 1.807) is 6.92 Å². The molecule has 0 heterocycles. The average Bonchev–Trinajstić information content (AvgIpc) is 2.08. The van der Waals surface area contributed by atoms with Crippen LogP contribution in [0.4, 0.5) is 8.78 Å². The molecule has 0 aromatic heterocycles. The molecule has 0 aromatic rings. The zero-order valence-corrected chi connectivity index (χ0v) is 9.45. The van der Waals surface area contributed by atoms with E-state index in [1.165, 1.54) is 0 Å². The highest BCUT2D eigenvalue weighted by molar-refractivity contribution is 5.44. The number of halogens is 2. The monoisotopic (exact) mass is 212 g/mol. The first-order valence-corrected chi connectivity index (χ1v) is 5.28. The van der Waals surface area contributed by atoms with Gasteiger partial charge in [-0.2, -0.15) is 0 Å². The second-order valence-corrected chi connectivity index (χ2v) is 4.42. The number of alkyl halides is 2. The Balaban J connectivity index is 3.05. The summed E-state index contributed by atoms with van der Waals surface area (Å²) in [5, 5.41) is 0. The van der Waals surface area contributed by atoms with Gasteiger partial charge in [0.2, 0.25) is 0 Å². The van der Waals surface area contributed by atoms with Crippen molar-refractivity contribution >= 4 is 0 Å². The van der Waals surface area contributed by atoms with Gasteiger partial charge in [-0.25, -0.2) is 8.78 Å². The molecule has 84 valence electrons. The van der Waals surface area contributed by atoms with Gasteiger partial charge < -0.3 is 0 Å². The lowest BCUT2D eigenvalue weighted by molar-refractivity contribution is 0.190. The van der Waals surface area contributed by atoms with Crippen LogP contribution >= 0.6 is 0 Å². The molecule has 1 aliphatic carbocycles. The molecule has 1 atom stereocenters. The molecule has 0 amide bonds. The van der Waals surface area contributed by atoms with E-state index >= 15 is 0 Å². The molecule has 1 unspecified atom stereocenters. The van der Waals surface area contributed by atoms with Crippen molar-refractivity contribution in [2.45, 2.75) is 39.5 Å². The first-order chi connectivity index (χ1) is 6.93. The van der Waals surface area contributed by atoms with E-state index in [4.69, 9.17) is 0 Å². The van der Waals surface area contributed by atoms with Crippen LogP contribution in [-0.4, -0.2) is 6.43 Å². The van der Waals surface area contributed by atoms with Gasteiger partial charge in [-0.1, -0.05) is 25.7 Å². The van der Waals surface area contributed by atoms with Crippen molar-refractivity contribution in [1.82, 2.24) is 0 Å². The zero-order valence-electron chi connectivity index (χ0n) is 9.45. The summed E-state index contributed by atoms with van der Waals surface area (Å²) in [6.07, 6.45) is 0.0890. The predicted octanol–water partition coefficient (Wildman–Crippen LogP) is 4.50. The third kappa shape index (κ3) is 2.77. The SMILES string of the molecule is C=C1CC(C)CC/C1=C(/C(=C)C)C(F)F. The highest BCUT2D eigenvalue weighted by Gasteiger charge is 2.23. The Kier molecular flexibility index (Phi) is 3.83. The Hall–Kier alpha value is -0.920. The van der Waals surface area contributed by atoms with Crippen molar-refractivity contribution in [3.8, 4) is 0 Å². The van der Waals surface area contributed by atoms with Crippen LogP contribution in [0.15, 0.2) is 35.5 Å². The molecule has 0 N–H and O–H groups in total. The van der Waals surface area contributed by atoms with Gasteiger partial charge in [0, 0.05) is 5.57 Å². The maximum Gasteiger partial charge on any atom is 0.264 e. The van der Waals surface area contributed by atoms with E-state index in [9.17, 15) is 8.78 Å². The predicted molar refractivity (Wildman–Crippen MR) is 60.0 cm³/mol. The van der Waals surface area contributed by atoms with E-state index < -0.39 is 6.43 Å². The van der Waals surface area contributed by atoms with Gasteiger partial charge >= 0.3 is 0 Å². The van der Waals surface area contributed by atoms with E-state index in [2.05, 4.69) is 20.1 Å². The summed E-state index contributed by atoms with van der Waals surface area (Å²) in [4.78, 5) is 0. The first-order valence-electron chi connectivity index (χ1n) is 5.28. The average molecular weight is 212 g/mol. The van der Waals surface area contributed by atoms with Crippen LogP contribution in [0.5, 0.6) is 0 Å². The molecular weight excluding hydrogens is 194 g/mol. The molecule has 1 saturated carbocycles. The van der Waals surface area contributed by atoms with Gasteiger partial charge in [0.15, 0.2) is 0 Å². The molecular formula is C13H18F2. The molecule has 0 bridgehead atoms. The summed E-state index contributed by atoms with van der Waals surface area (Å²) in [7, 11) is 0. The summed E-state index contributed by atoms with van der Waals surface area (Å²) < 4.78 is 25.7. The van der Waals surface area contributed by atoms with Crippen molar-refractivity contribution in [3.63, 3.8) is 0 Å². The van der Waals surface area contributed by atoms with Gasteiger partial charge in [0.25, 0.3) is 6.43 Å². The van der Waals surface area contributed by atoms with Crippen molar-refractivity contribution < 1.29 is 8.78 Å². The van der Waals surface area contributed by atoms with Crippen molar-refractivity contribution in [3.05, 3.63) is 35.5 Å². The van der Waals surface area contributed by atoms with Gasteiger partial charge in [0.1, 0.15) is 0 Å². The molecule has 0 saturated heterocycles. The lowest BCUT2D eigenvalue weighted by atomic mass is 9.80. The summed E-state index contributed by atoms with van der Waals surface area (Å²) >= 11 is 0. The molecule has 15 heavy (non-hydrogen) atoms. The molecule has 2 heteroatoms. The molecule has 0 aliphatic heterocycles. The number of rotatable bonds is 2. The van der Waals surface area contributed by atoms with Crippen LogP contribution in [0.1, 0.15) is 33.1 Å². The fraction of sp³-hybridized carbons (Fsp3) is 0.538. The Bertz CT molecular complexity index is 310. The fourth-order valence-electron chi connectivity index (χ4n) is 2.11. The summed E-state index contributed by atoms with van der Waals surface area (Å²) in [6, 6.07) is 0. The lowest BCUT2D eigenvalue weighted by Gasteiger charge is -2.26. The second kappa shape index (κ2) is 4.73. The van der Waals surface area contributed by atoms with Crippen LogP contribution in [-0.2, 0) is 0 Å². The Labute approximate surface area is 90.4 Å². The highest BCUT2D eigenvalue weighted by Crippen LogP contribution is 2.36. The lowest BCUT2D eigenvalue weighted by Crippen LogP contribution is -2.12. The minimum Gasteiger partial charge on any atom is -0.205 e. The van der Waals surface area contributed by atoms with Gasteiger partial charge in [-0.05, 0) is 43.3 Å². The van der Waals surface area contributed by atoms with Gasteiger partial charge in [0.05, 0.1) is 0 Å². The second-order valence-electron chi connectivity index (χ2n) is 4.42. The maximum atomic E-state index is 12.8. The van der Waals surface area contributed by atoms with Crippen LogP contribution < -0.4 is 0 Å². The van der Waals surface area contributed by atoms with Crippen LogP contribution in [0.2, 0.25) is 0 Å². The van der Waals surface area contributed by atoms with Crippen molar-refractivity contribution in [2.75, 3.05) is 0 Å². The smallest absolute Gasteiger partial charge is 0.205 e. The van der Waals surface area contributed by atoms with Crippen LogP contribution in [0.3, 0.4) is 0 Å². The van der Waals surface area contributed by atoms with E-state index in [-0.39, 0.29) is 5.57 Å². The third-order valence-corrected chi connectivity index (χ3v) is 2.91. The van der Waals surface area contributed by atoms with E-state index in [1.807, 2.05) is 0 Å². The zero-order chi connectivity index (χ0) is 11.6. The van der Waals surface area contributed by atoms with E-state index in [0.717, 1.165) is 24.0 Å². The Morgan fingerprint density at radius 1 is 1.47 bits per heavy atom. The molecule has 0 aromatic carbocycles. The maximum absolute atomic E-state index is 12.8. The number of hydrogen-bond donors (Lipinski definition) is 0. The molecule has 1 aliphatic rings. The van der Waals surface area contributed by atoms with Crippen molar-refractivity contribution in [2.24, 2.45) is 5.92 Å². The quantitative estimate of drug-likeness (QED) is 0.632. The van der Waals surface area contributed by atoms with Gasteiger partial charge in [-0.15, -0.1) is 0 Å². The normalized spacial score (nSPS) is 25.7.